The van der Waals surface area contributed by atoms with Crippen LogP contribution in [0.15, 0.2) is 200 Å². The molecule has 0 saturated heterocycles. The summed E-state index contributed by atoms with van der Waals surface area (Å²) in [5, 5.41) is 9.74. The van der Waals surface area contributed by atoms with Gasteiger partial charge in [-0.15, -0.1) is 0 Å². The molecule has 0 aliphatic heterocycles. The zero-order chi connectivity index (χ0) is 34.4. The van der Waals surface area contributed by atoms with Crippen LogP contribution in [0.2, 0.25) is 0 Å². The number of anilines is 6. The third kappa shape index (κ3) is 4.86. The first kappa shape index (κ1) is 29.9. The number of hydrogen-bond donors (Lipinski definition) is 0. The Morgan fingerprint density at radius 3 is 1.40 bits per heavy atom. The summed E-state index contributed by atoms with van der Waals surface area (Å²) in [4.78, 5) is 9.85. The molecule has 0 amide bonds. The van der Waals surface area contributed by atoms with Crippen LogP contribution in [0.25, 0.3) is 54.2 Å². The fraction of sp³-hybridized carbons (Fsp3) is 0. The molecule has 244 valence electrons. The molecule has 0 unspecified atom stereocenters. The van der Waals surface area contributed by atoms with Crippen molar-refractivity contribution in [2.24, 2.45) is 0 Å². The Kier molecular flexibility index (Phi) is 7.14. The Bertz CT molecular complexity index is 2800. The number of aromatic nitrogens is 1. The van der Waals surface area contributed by atoms with E-state index >= 15 is 0 Å². The number of rotatable bonds is 7. The molecular weight excluding hydrogens is 631 g/mol. The summed E-state index contributed by atoms with van der Waals surface area (Å²) in [5.41, 5.74) is 7.77. The molecule has 3 heteroatoms. The summed E-state index contributed by atoms with van der Waals surface area (Å²) in [6, 6.07) is 69.5. The van der Waals surface area contributed by atoms with E-state index in [0.29, 0.717) is 0 Å². The number of nitrogens with zero attached hydrogens (tertiary/aromatic N) is 3. The molecule has 3 nitrogen and oxygen atoms in total. The molecule has 0 spiro atoms. The van der Waals surface area contributed by atoms with Gasteiger partial charge in [0.1, 0.15) is 5.82 Å². The highest BCUT2D eigenvalue weighted by atomic mass is 15.2. The molecule has 52 heavy (non-hydrogen) atoms. The number of benzene rings is 9. The molecule has 9 aromatic carbocycles. The van der Waals surface area contributed by atoms with E-state index in [4.69, 9.17) is 4.98 Å². The van der Waals surface area contributed by atoms with E-state index in [1.54, 1.807) is 0 Å². The molecule has 0 radical (unpaired) electrons. The lowest BCUT2D eigenvalue weighted by Crippen LogP contribution is -2.13. The number of pyridine rings is 1. The van der Waals surface area contributed by atoms with Crippen LogP contribution >= 0.6 is 0 Å². The molecule has 0 aliphatic carbocycles. The first-order chi connectivity index (χ1) is 25.8. The quantitative estimate of drug-likeness (QED) is 0.158. The van der Waals surface area contributed by atoms with Crippen molar-refractivity contribution < 1.29 is 0 Å². The summed E-state index contributed by atoms with van der Waals surface area (Å²) in [6.07, 6.45) is 1.91. The molecule has 0 aliphatic rings. The zero-order valence-corrected chi connectivity index (χ0v) is 28.4. The average molecular weight is 664 g/mol. The van der Waals surface area contributed by atoms with Crippen LogP contribution in [-0.4, -0.2) is 4.98 Å². The molecule has 10 aromatic rings. The molecule has 1 heterocycles. The van der Waals surface area contributed by atoms with Gasteiger partial charge in [-0.25, -0.2) is 4.98 Å². The van der Waals surface area contributed by atoms with E-state index in [1.165, 1.54) is 43.1 Å². The number of hydrogen-bond acceptors (Lipinski definition) is 3. The number of para-hydroxylation sites is 3. The van der Waals surface area contributed by atoms with Crippen LogP contribution in [0.1, 0.15) is 0 Å². The van der Waals surface area contributed by atoms with E-state index in [1.807, 2.05) is 12.3 Å². The van der Waals surface area contributed by atoms with Crippen LogP contribution in [-0.2, 0) is 0 Å². The normalized spacial score (nSPS) is 11.5. The van der Waals surface area contributed by atoms with E-state index < -0.39 is 0 Å². The second-order valence-electron chi connectivity index (χ2n) is 13.2. The lowest BCUT2D eigenvalue weighted by atomic mass is 9.91. The van der Waals surface area contributed by atoms with Crippen molar-refractivity contribution in [3.63, 3.8) is 0 Å². The molecule has 0 fully saturated rings. The smallest absolute Gasteiger partial charge is 0.145 e. The van der Waals surface area contributed by atoms with Gasteiger partial charge in [-0.3, -0.25) is 4.90 Å². The molecule has 0 N–H and O–H groups in total. The fourth-order valence-electron chi connectivity index (χ4n) is 7.94. The standard InChI is InChI=1S/C49H33N3/c1-4-16-37(17-5-1)51(38-18-6-2-7-19-38)45-31-27-35-26-30-44-46(32-28-36-25-29-43(45)47(35)48(36)44)52(39-20-8-3-9-21-39)49-42(24-13-33-50-49)41-23-12-15-34-14-10-11-22-40(34)41/h1-33H. The van der Waals surface area contributed by atoms with Crippen molar-refractivity contribution in [2.75, 3.05) is 9.80 Å². The van der Waals surface area contributed by atoms with Gasteiger partial charge >= 0.3 is 0 Å². The molecule has 0 saturated carbocycles. The van der Waals surface area contributed by atoms with E-state index in [2.05, 4.69) is 198 Å². The third-order valence-electron chi connectivity index (χ3n) is 10.2. The monoisotopic (exact) mass is 663 g/mol. The van der Waals surface area contributed by atoms with Gasteiger partial charge in [0.25, 0.3) is 0 Å². The van der Waals surface area contributed by atoms with Gasteiger partial charge in [-0.05, 0) is 98.5 Å². The zero-order valence-electron chi connectivity index (χ0n) is 28.4. The Morgan fingerprint density at radius 1 is 0.308 bits per heavy atom. The second kappa shape index (κ2) is 12.4. The molecule has 10 rings (SSSR count). The minimum Gasteiger partial charge on any atom is -0.310 e. The van der Waals surface area contributed by atoms with Crippen molar-refractivity contribution >= 4 is 77.3 Å². The second-order valence-corrected chi connectivity index (χ2v) is 13.2. The molecule has 0 bridgehead atoms. The maximum Gasteiger partial charge on any atom is 0.145 e. The fourth-order valence-corrected chi connectivity index (χ4v) is 7.94. The maximum absolute atomic E-state index is 5.15. The lowest BCUT2D eigenvalue weighted by Gasteiger charge is -2.29. The Balaban J connectivity index is 1.24. The minimum atomic E-state index is 0.889. The number of fused-ring (bicyclic) bond motifs is 1. The highest BCUT2D eigenvalue weighted by Crippen LogP contribution is 2.48. The Hall–Kier alpha value is -6.97. The van der Waals surface area contributed by atoms with Gasteiger partial charge in [0.05, 0.1) is 11.4 Å². The highest BCUT2D eigenvalue weighted by molar-refractivity contribution is 6.28. The van der Waals surface area contributed by atoms with Gasteiger partial charge in [0.2, 0.25) is 0 Å². The van der Waals surface area contributed by atoms with E-state index in [-0.39, 0.29) is 0 Å². The van der Waals surface area contributed by atoms with Crippen molar-refractivity contribution in [2.45, 2.75) is 0 Å². The average Bonchev–Trinajstić information content (AvgIpc) is 3.22. The van der Waals surface area contributed by atoms with Gasteiger partial charge in [0.15, 0.2) is 0 Å². The van der Waals surface area contributed by atoms with Crippen molar-refractivity contribution in [1.29, 1.82) is 0 Å². The maximum atomic E-state index is 5.15. The van der Waals surface area contributed by atoms with Crippen molar-refractivity contribution in [1.82, 2.24) is 4.98 Å². The topological polar surface area (TPSA) is 19.4 Å². The summed E-state index contributed by atoms with van der Waals surface area (Å²) in [5.74, 6) is 0.889. The molecule has 0 atom stereocenters. The first-order valence-electron chi connectivity index (χ1n) is 17.7. The first-order valence-corrected chi connectivity index (χ1v) is 17.7. The van der Waals surface area contributed by atoms with Gasteiger partial charge in [0, 0.05) is 39.6 Å². The predicted octanol–water partition coefficient (Wildman–Crippen LogP) is 13.7. The predicted molar refractivity (Wildman–Crippen MR) is 220 cm³/mol. The van der Waals surface area contributed by atoms with Gasteiger partial charge in [-0.2, -0.15) is 0 Å². The summed E-state index contributed by atoms with van der Waals surface area (Å²) >= 11 is 0. The highest BCUT2D eigenvalue weighted by Gasteiger charge is 2.24. The van der Waals surface area contributed by atoms with Crippen molar-refractivity contribution in [3.05, 3.63) is 200 Å². The van der Waals surface area contributed by atoms with E-state index in [9.17, 15) is 0 Å². The SMILES string of the molecule is c1ccc(N(c2ccccc2)c2ccc3ccc4c(N(c5ccccc5)c5ncccc5-c5cccc6ccccc56)ccc5ccc2c3c54)cc1. The molecular formula is C49H33N3. The summed E-state index contributed by atoms with van der Waals surface area (Å²) in [7, 11) is 0. The minimum absolute atomic E-state index is 0.889. The largest absolute Gasteiger partial charge is 0.310 e. The summed E-state index contributed by atoms with van der Waals surface area (Å²) in [6.45, 7) is 0. The third-order valence-corrected chi connectivity index (χ3v) is 10.2. The van der Waals surface area contributed by atoms with Crippen LogP contribution in [0.3, 0.4) is 0 Å². The summed E-state index contributed by atoms with van der Waals surface area (Å²) < 4.78 is 0. The van der Waals surface area contributed by atoms with E-state index in [0.717, 1.165) is 45.4 Å². The van der Waals surface area contributed by atoms with Gasteiger partial charge < -0.3 is 4.90 Å². The Labute approximate surface area is 302 Å². The van der Waals surface area contributed by atoms with Crippen LogP contribution < -0.4 is 9.80 Å². The van der Waals surface area contributed by atoms with Crippen LogP contribution in [0.5, 0.6) is 0 Å². The lowest BCUT2D eigenvalue weighted by molar-refractivity contribution is 1.19. The van der Waals surface area contributed by atoms with Crippen LogP contribution in [0, 0.1) is 0 Å². The molecule has 1 aromatic heterocycles. The van der Waals surface area contributed by atoms with Gasteiger partial charge in [-0.1, -0.05) is 133 Å². The van der Waals surface area contributed by atoms with Crippen molar-refractivity contribution in [3.8, 4) is 11.1 Å². The Morgan fingerprint density at radius 2 is 0.788 bits per heavy atom. The van der Waals surface area contributed by atoms with Crippen LogP contribution in [0.4, 0.5) is 34.3 Å².